The number of amides is 1. The van der Waals surface area contributed by atoms with Crippen molar-refractivity contribution in [2.45, 2.75) is 26.3 Å². The van der Waals surface area contributed by atoms with Gasteiger partial charge in [0.1, 0.15) is 5.69 Å². The van der Waals surface area contributed by atoms with Gasteiger partial charge in [-0.2, -0.15) is 0 Å². The number of aryl methyl sites for hydroxylation is 1. The first-order chi connectivity index (χ1) is 7.52. The van der Waals surface area contributed by atoms with Crippen molar-refractivity contribution in [3.63, 3.8) is 0 Å². The van der Waals surface area contributed by atoms with Crippen molar-refractivity contribution in [3.8, 4) is 0 Å². The molecular formula is C11H18BrN3O. The van der Waals surface area contributed by atoms with Gasteiger partial charge >= 0.3 is 0 Å². The van der Waals surface area contributed by atoms with E-state index in [-0.39, 0.29) is 11.9 Å². The fraction of sp³-hybridized carbons (Fsp3) is 0.636. The predicted octanol–water partition coefficient (Wildman–Crippen LogP) is 1.96. The molecule has 0 fully saturated rings. The molecule has 16 heavy (non-hydrogen) atoms. The molecule has 5 heteroatoms. The zero-order chi connectivity index (χ0) is 12.1. The second kappa shape index (κ2) is 6.03. The van der Waals surface area contributed by atoms with Crippen LogP contribution < -0.4 is 5.32 Å². The van der Waals surface area contributed by atoms with E-state index in [0.717, 1.165) is 11.8 Å². The van der Waals surface area contributed by atoms with E-state index >= 15 is 0 Å². The number of halogens is 1. The summed E-state index contributed by atoms with van der Waals surface area (Å²) in [5.41, 5.74) is 0.470. The maximum atomic E-state index is 11.8. The summed E-state index contributed by atoms with van der Waals surface area (Å²) in [6.07, 6.45) is 4.31. The smallest absolute Gasteiger partial charge is 0.271 e. The molecular weight excluding hydrogens is 270 g/mol. The molecule has 0 saturated carbocycles. The first kappa shape index (κ1) is 13.2. The van der Waals surface area contributed by atoms with Crippen molar-refractivity contribution in [1.82, 2.24) is 14.9 Å². The molecule has 0 aromatic carbocycles. The van der Waals surface area contributed by atoms with E-state index in [4.69, 9.17) is 0 Å². The summed E-state index contributed by atoms with van der Waals surface area (Å²) >= 11 is 3.41. The Morgan fingerprint density at radius 1 is 1.62 bits per heavy atom. The van der Waals surface area contributed by atoms with Gasteiger partial charge in [-0.1, -0.05) is 29.8 Å². The minimum Gasteiger partial charge on any atom is -0.347 e. The molecule has 0 spiro atoms. The average Bonchev–Trinajstić information content (AvgIpc) is 2.63. The van der Waals surface area contributed by atoms with E-state index in [1.54, 1.807) is 17.1 Å². The van der Waals surface area contributed by atoms with Crippen LogP contribution in [0.3, 0.4) is 0 Å². The lowest BCUT2D eigenvalue weighted by atomic mass is 10.1. The molecule has 1 unspecified atom stereocenters. The van der Waals surface area contributed by atoms with Gasteiger partial charge in [0.05, 0.1) is 6.33 Å². The summed E-state index contributed by atoms with van der Waals surface area (Å²) in [6, 6.07) is 0.162. The van der Waals surface area contributed by atoms with Gasteiger partial charge in [-0.15, -0.1) is 0 Å². The number of hydrogen-bond acceptors (Lipinski definition) is 2. The van der Waals surface area contributed by atoms with E-state index in [2.05, 4.69) is 40.1 Å². The highest BCUT2D eigenvalue weighted by Gasteiger charge is 2.15. The Balaban J connectivity index is 2.55. The highest BCUT2D eigenvalue weighted by atomic mass is 79.9. The molecule has 0 aliphatic rings. The second-order valence-electron chi connectivity index (χ2n) is 4.38. The molecule has 0 bridgehead atoms. The van der Waals surface area contributed by atoms with E-state index in [0.29, 0.717) is 11.6 Å². The van der Waals surface area contributed by atoms with Crippen LogP contribution >= 0.6 is 15.9 Å². The number of nitrogens with zero attached hydrogens (tertiary/aromatic N) is 2. The molecule has 1 aromatic rings. The standard InChI is InChI=1S/C11H18BrN3O/c1-8(2)4-9(5-12)14-11(16)10-6-15(3)7-13-10/h6-9H,4-5H2,1-3H3,(H,14,16). The monoisotopic (exact) mass is 287 g/mol. The predicted molar refractivity (Wildman–Crippen MR) is 67.7 cm³/mol. The second-order valence-corrected chi connectivity index (χ2v) is 5.03. The van der Waals surface area contributed by atoms with Gasteiger partial charge in [0.25, 0.3) is 5.91 Å². The lowest BCUT2D eigenvalue weighted by Crippen LogP contribution is -2.37. The molecule has 0 saturated heterocycles. The Bertz CT molecular complexity index is 349. The Kier molecular flexibility index (Phi) is 4.99. The van der Waals surface area contributed by atoms with Crippen LogP contribution in [-0.4, -0.2) is 26.8 Å². The first-order valence-corrected chi connectivity index (χ1v) is 6.50. The van der Waals surface area contributed by atoms with Gasteiger partial charge < -0.3 is 9.88 Å². The Morgan fingerprint density at radius 2 is 2.31 bits per heavy atom. The number of rotatable bonds is 5. The van der Waals surface area contributed by atoms with Crippen molar-refractivity contribution in [2.75, 3.05) is 5.33 Å². The zero-order valence-corrected chi connectivity index (χ0v) is 11.5. The third-order valence-corrected chi connectivity index (χ3v) is 3.00. The molecule has 1 atom stereocenters. The minimum absolute atomic E-state index is 0.106. The molecule has 0 radical (unpaired) electrons. The summed E-state index contributed by atoms with van der Waals surface area (Å²) in [5.74, 6) is 0.456. The highest BCUT2D eigenvalue weighted by molar-refractivity contribution is 9.09. The largest absolute Gasteiger partial charge is 0.347 e. The van der Waals surface area contributed by atoms with Crippen molar-refractivity contribution in [2.24, 2.45) is 13.0 Å². The van der Waals surface area contributed by atoms with E-state index < -0.39 is 0 Å². The van der Waals surface area contributed by atoms with Gasteiger partial charge in [0.15, 0.2) is 0 Å². The maximum Gasteiger partial charge on any atom is 0.271 e. The fourth-order valence-electron chi connectivity index (χ4n) is 1.52. The molecule has 1 heterocycles. The van der Waals surface area contributed by atoms with Crippen LogP contribution in [0.5, 0.6) is 0 Å². The summed E-state index contributed by atoms with van der Waals surface area (Å²) in [7, 11) is 1.85. The van der Waals surface area contributed by atoms with Crippen LogP contribution in [0.1, 0.15) is 30.8 Å². The number of aromatic nitrogens is 2. The third kappa shape index (κ3) is 3.96. The molecule has 0 aliphatic carbocycles. The number of hydrogen-bond donors (Lipinski definition) is 1. The molecule has 4 nitrogen and oxygen atoms in total. The van der Waals surface area contributed by atoms with Gasteiger partial charge in [-0.05, 0) is 12.3 Å². The van der Waals surface area contributed by atoms with E-state index in [9.17, 15) is 4.79 Å². The Labute approximate surface area is 105 Å². The summed E-state index contributed by atoms with van der Waals surface area (Å²) in [6.45, 7) is 4.28. The topological polar surface area (TPSA) is 46.9 Å². The van der Waals surface area contributed by atoms with Crippen LogP contribution in [0.25, 0.3) is 0 Å². The molecule has 0 aliphatic heterocycles. The van der Waals surface area contributed by atoms with Gasteiger partial charge in [0, 0.05) is 24.6 Å². The quantitative estimate of drug-likeness (QED) is 0.842. The summed E-state index contributed by atoms with van der Waals surface area (Å²) in [5, 5.41) is 3.73. The van der Waals surface area contributed by atoms with Crippen molar-refractivity contribution in [3.05, 3.63) is 18.2 Å². The molecule has 1 N–H and O–H groups in total. The lowest BCUT2D eigenvalue weighted by molar-refractivity contribution is 0.0932. The van der Waals surface area contributed by atoms with Crippen LogP contribution in [0.15, 0.2) is 12.5 Å². The summed E-state index contributed by atoms with van der Waals surface area (Å²) < 4.78 is 1.76. The van der Waals surface area contributed by atoms with Crippen molar-refractivity contribution < 1.29 is 4.79 Å². The number of carbonyl (C=O) groups is 1. The average molecular weight is 288 g/mol. The number of nitrogens with one attached hydrogen (secondary N) is 1. The number of alkyl halides is 1. The Morgan fingerprint density at radius 3 is 2.75 bits per heavy atom. The first-order valence-electron chi connectivity index (χ1n) is 5.37. The van der Waals surface area contributed by atoms with Gasteiger partial charge in [-0.3, -0.25) is 4.79 Å². The number of imidazole rings is 1. The van der Waals surface area contributed by atoms with Crippen molar-refractivity contribution >= 4 is 21.8 Å². The molecule has 90 valence electrons. The molecule has 1 aromatic heterocycles. The van der Waals surface area contributed by atoms with Crippen LogP contribution in [0, 0.1) is 5.92 Å². The van der Waals surface area contributed by atoms with Crippen molar-refractivity contribution in [1.29, 1.82) is 0 Å². The summed E-state index contributed by atoms with van der Waals surface area (Å²) in [4.78, 5) is 15.8. The minimum atomic E-state index is -0.106. The maximum absolute atomic E-state index is 11.8. The highest BCUT2D eigenvalue weighted by Crippen LogP contribution is 2.08. The van der Waals surface area contributed by atoms with Gasteiger partial charge in [-0.25, -0.2) is 4.98 Å². The molecule has 1 amide bonds. The van der Waals surface area contributed by atoms with Crippen LogP contribution in [-0.2, 0) is 7.05 Å². The van der Waals surface area contributed by atoms with E-state index in [1.807, 2.05) is 7.05 Å². The lowest BCUT2D eigenvalue weighted by Gasteiger charge is -2.17. The fourth-order valence-corrected chi connectivity index (χ4v) is 1.95. The van der Waals surface area contributed by atoms with Crippen LogP contribution in [0.2, 0.25) is 0 Å². The normalized spacial score (nSPS) is 12.8. The van der Waals surface area contributed by atoms with Gasteiger partial charge in [0.2, 0.25) is 0 Å². The Hall–Kier alpha value is -0.840. The SMILES string of the molecule is CC(C)CC(CBr)NC(=O)c1cn(C)cn1. The van der Waals surface area contributed by atoms with Crippen LogP contribution in [0.4, 0.5) is 0 Å². The third-order valence-electron chi connectivity index (χ3n) is 2.21. The zero-order valence-electron chi connectivity index (χ0n) is 9.90. The number of carbonyl (C=O) groups excluding carboxylic acids is 1. The molecule has 1 rings (SSSR count). The van der Waals surface area contributed by atoms with E-state index in [1.165, 1.54) is 0 Å².